The van der Waals surface area contributed by atoms with Gasteiger partial charge in [-0.15, -0.1) is 11.3 Å². The number of amides is 1. The molecule has 4 heteroatoms. The number of nitrogens with zero attached hydrogens (tertiary/aromatic N) is 1. The van der Waals surface area contributed by atoms with Gasteiger partial charge in [0.15, 0.2) is 0 Å². The van der Waals surface area contributed by atoms with Crippen LogP contribution in [0.2, 0.25) is 0 Å². The smallest absolute Gasteiger partial charge is 0.224 e. The lowest BCUT2D eigenvalue weighted by molar-refractivity contribution is -0.126. The van der Waals surface area contributed by atoms with E-state index in [4.69, 9.17) is 0 Å². The zero-order valence-electron chi connectivity index (χ0n) is 12.7. The van der Waals surface area contributed by atoms with Crippen LogP contribution in [0.1, 0.15) is 23.3 Å². The Morgan fingerprint density at radius 3 is 2.86 bits per heavy atom. The summed E-state index contributed by atoms with van der Waals surface area (Å²) in [5.74, 6) is 0.323. The normalized spacial score (nSPS) is 19.0. The summed E-state index contributed by atoms with van der Waals surface area (Å²) in [6, 6.07) is 14.6. The topological polar surface area (TPSA) is 32.3 Å². The summed E-state index contributed by atoms with van der Waals surface area (Å²) in [5.41, 5.74) is 1.32. The summed E-state index contributed by atoms with van der Waals surface area (Å²) < 4.78 is 0. The van der Waals surface area contributed by atoms with Gasteiger partial charge in [-0.2, -0.15) is 0 Å². The lowest BCUT2D eigenvalue weighted by Gasteiger charge is -2.32. The fraction of sp³-hybridized carbons (Fsp3) is 0.389. The number of nitrogens with one attached hydrogen (secondary N) is 1. The first-order valence-corrected chi connectivity index (χ1v) is 8.75. The Bertz CT molecular complexity index is 582. The molecular weight excluding hydrogens is 292 g/mol. The Morgan fingerprint density at radius 1 is 1.23 bits per heavy atom. The molecule has 116 valence electrons. The van der Waals surface area contributed by atoms with Gasteiger partial charge in [0.25, 0.3) is 0 Å². The highest BCUT2D eigenvalue weighted by Gasteiger charge is 2.25. The molecule has 2 aromatic rings. The highest BCUT2D eigenvalue weighted by Crippen LogP contribution is 2.19. The lowest BCUT2D eigenvalue weighted by atomic mass is 9.96. The van der Waals surface area contributed by atoms with E-state index in [0.717, 1.165) is 32.5 Å². The second-order valence-corrected chi connectivity index (χ2v) is 6.89. The van der Waals surface area contributed by atoms with E-state index in [1.165, 1.54) is 10.4 Å². The van der Waals surface area contributed by atoms with Crippen LogP contribution in [0.25, 0.3) is 0 Å². The minimum atomic E-state index is 0.123. The van der Waals surface area contributed by atoms with Crippen LogP contribution in [-0.2, 0) is 17.9 Å². The zero-order chi connectivity index (χ0) is 15.2. The number of carbonyl (C=O) groups is 1. The number of rotatable bonds is 5. The minimum Gasteiger partial charge on any atom is -0.351 e. The molecule has 0 bridgehead atoms. The van der Waals surface area contributed by atoms with Gasteiger partial charge in [-0.25, -0.2) is 0 Å². The van der Waals surface area contributed by atoms with Crippen LogP contribution in [0.5, 0.6) is 0 Å². The first-order chi connectivity index (χ1) is 10.8. The Hall–Kier alpha value is -1.65. The summed E-state index contributed by atoms with van der Waals surface area (Å²) >= 11 is 1.69. The van der Waals surface area contributed by atoms with Crippen molar-refractivity contribution in [2.75, 3.05) is 13.1 Å². The van der Waals surface area contributed by atoms with Crippen molar-refractivity contribution < 1.29 is 4.79 Å². The summed E-state index contributed by atoms with van der Waals surface area (Å²) in [6.45, 7) is 3.55. The van der Waals surface area contributed by atoms with Gasteiger partial charge < -0.3 is 5.32 Å². The standard InChI is InChI=1S/C18H22N2OS/c21-18(19-12-17-9-5-11-22-17)16-8-4-10-20(14-16)13-15-6-2-1-3-7-15/h1-3,5-7,9,11,16H,4,8,10,12-14H2,(H,19,21)/t16-/m1/s1. The predicted octanol–water partition coefficient (Wildman–Crippen LogP) is 3.28. The van der Waals surface area contributed by atoms with Crippen LogP contribution in [0, 0.1) is 5.92 Å². The molecule has 1 atom stereocenters. The van der Waals surface area contributed by atoms with E-state index in [2.05, 4.69) is 40.5 Å². The summed E-state index contributed by atoms with van der Waals surface area (Å²) in [6.07, 6.45) is 2.10. The largest absolute Gasteiger partial charge is 0.351 e. The molecule has 0 spiro atoms. The maximum absolute atomic E-state index is 12.4. The molecule has 1 saturated heterocycles. The number of benzene rings is 1. The van der Waals surface area contributed by atoms with Crippen LogP contribution in [0.4, 0.5) is 0 Å². The molecule has 22 heavy (non-hydrogen) atoms. The van der Waals surface area contributed by atoms with Crippen LogP contribution >= 0.6 is 11.3 Å². The van der Waals surface area contributed by atoms with E-state index in [1.807, 2.05) is 17.5 Å². The third kappa shape index (κ3) is 4.18. The van der Waals surface area contributed by atoms with Gasteiger partial charge in [0.1, 0.15) is 0 Å². The molecule has 1 fully saturated rings. The number of hydrogen-bond acceptors (Lipinski definition) is 3. The highest BCUT2D eigenvalue weighted by molar-refractivity contribution is 7.09. The second-order valence-electron chi connectivity index (χ2n) is 5.86. The van der Waals surface area contributed by atoms with Crippen molar-refractivity contribution in [3.05, 3.63) is 58.3 Å². The Morgan fingerprint density at radius 2 is 2.09 bits per heavy atom. The molecule has 0 aliphatic carbocycles. The maximum atomic E-state index is 12.4. The van der Waals surface area contributed by atoms with Gasteiger partial charge in [-0.1, -0.05) is 36.4 Å². The number of piperidine rings is 1. The average molecular weight is 314 g/mol. The number of thiophene rings is 1. The van der Waals surface area contributed by atoms with Crippen LogP contribution in [-0.4, -0.2) is 23.9 Å². The van der Waals surface area contributed by atoms with Crippen molar-refractivity contribution in [1.29, 1.82) is 0 Å². The molecule has 1 aliphatic heterocycles. The molecule has 1 aromatic heterocycles. The van der Waals surface area contributed by atoms with Gasteiger partial charge in [-0.05, 0) is 36.4 Å². The van der Waals surface area contributed by atoms with Crippen molar-refractivity contribution in [2.24, 2.45) is 5.92 Å². The number of likely N-dealkylation sites (tertiary alicyclic amines) is 1. The van der Waals surface area contributed by atoms with Crippen molar-refractivity contribution in [3.8, 4) is 0 Å². The summed E-state index contributed by atoms with van der Waals surface area (Å²) in [4.78, 5) is 16.0. The van der Waals surface area contributed by atoms with E-state index in [9.17, 15) is 4.79 Å². The fourth-order valence-electron chi connectivity index (χ4n) is 2.99. The number of carbonyl (C=O) groups excluding carboxylic acids is 1. The second kappa shape index (κ2) is 7.56. The molecule has 2 heterocycles. The highest BCUT2D eigenvalue weighted by atomic mass is 32.1. The molecule has 0 radical (unpaired) electrons. The van der Waals surface area contributed by atoms with E-state index in [1.54, 1.807) is 11.3 Å². The van der Waals surface area contributed by atoms with E-state index < -0.39 is 0 Å². The molecule has 1 N–H and O–H groups in total. The van der Waals surface area contributed by atoms with Gasteiger partial charge in [0.05, 0.1) is 12.5 Å². The first-order valence-electron chi connectivity index (χ1n) is 7.87. The molecule has 3 rings (SSSR count). The summed E-state index contributed by atoms with van der Waals surface area (Å²) in [5, 5.41) is 5.13. The fourth-order valence-corrected chi connectivity index (χ4v) is 3.63. The first kappa shape index (κ1) is 15.3. The molecule has 3 nitrogen and oxygen atoms in total. The molecule has 1 aromatic carbocycles. The van der Waals surface area contributed by atoms with E-state index in [0.29, 0.717) is 6.54 Å². The third-order valence-corrected chi connectivity index (χ3v) is 5.02. The molecule has 0 unspecified atom stereocenters. The van der Waals surface area contributed by atoms with E-state index >= 15 is 0 Å². The van der Waals surface area contributed by atoms with Crippen LogP contribution < -0.4 is 5.32 Å². The third-order valence-electron chi connectivity index (χ3n) is 4.14. The quantitative estimate of drug-likeness (QED) is 0.918. The van der Waals surface area contributed by atoms with Crippen molar-refractivity contribution in [1.82, 2.24) is 10.2 Å². The Labute approximate surface area is 136 Å². The van der Waals surface area contributed by atoms with Gasteiger partial charge in [-0.3, -0.25) is 9.69 Å². The monoisotopic (exact) mass is 314 g/mol. The SMILES string of the molecule is O=C(NCc1cccs1)[C@@H]1CCCN(Cc2ccccc2)C1. The van der Waals surface area contributed by atoms with Gasteiger partial charge in [0.2, 0.25) is 5.91 Å². The van der Waals surface area contributed by atoms with E-state index in [-0.39, 0.29) is 11.8 Å². The molecule has 1 aliphatic rings. The van der Waals surface area contributed by atoms with Crippen LogP contribution in [0.15, 0.2) is 47.8 Å². The Balaban J connectivity index is 1.50. The van der Waals surface area contributed by atoms with Crippen molar-refractivity contribution in [2.45, 2.75) is 25.9 Å². The summed E-state index contributed by atoms with van der Waals surface area (Å²) in [7, 11) is 0. The molecular formula is C18H22N2OS. The van der Waals surface area contributed by atoms with Gasteiger partial charge in [0, 0.05) is 18.0 Å². The Kier molecular flexibility index (Phi) is 5.24. The zero-order valence-corrected chi connectivity index (χ0v) is 13.5. The van der Waals surface area contributed by atoms with Crippen LogP contribution in [0.3, 0.4) is 0 Å². The predicted molar refractivity (Wildman–Crippen MR) is 90.6 cm³/mol. The van der Waals surface area contributed by atoms with Crippen molar-refractivity contribution >= 4 is 17.2 Å². The van der Waals surface area contributed by atoms with Gasteiger partial charge >= 0.3 is 0 Å². The van der Waals surface area contributed by atoms with Crippen molar-refractivity contribution in [3.63, 3.8) is 0 Å². The molecule has 1 amide bonds. The number of hydrogen-bond donors (Lipinski definition) is 1. The maximum Gasteiger partial charge on any atom is 0.224 e. The lowest BCUT2D eigenvalue weighted by Crippen LogP contribution is -2.42. The minimum absolute atomic E-state index is 0.123. The average Bonchev–Trinajstić information content (AvgIpc) is 3.07. The molecule has 0 saturated carbocycles.